The quantitative estimate of drug-likeness (QED) is 0.797. The molecule has 0 fully saturated rings. The molecule has 1 aromatic carbocycles. The maximum atomic E-state index is 13.8. The molecule has 2 N–H and O–H groups in total. The van der Waals surface area contributed by atoms with Gasteiger partial charge in [0, 0.05) is 18.2 Å². The van der Waals surface area contributed by atoms with Crippen LogP contribution in [0, 0.1) is 11.6 Å². The van der Waals surface area contributed by atoms with E-state index in [9.17, 15) is 8.78 Å². The fourth-order valence-electron chi connectivity index (χ4n) is 2.30. The predicted octanol–water partition coefficient (Wildman–Crippen LogP) is 2.78. The Labute approximate surface area is 114 Å². The van der Waals surface area contributed by atoms with Crippen LogP contribution in [0.3, 0.4) is 0 Å². The fourth-order valence-corrected chi connectivity index (χ4v) is 2.30. The summed E-state index contributed by atoms with van der Waals surface area (Å²) in [5.74, 6) is -0.705. The molecule has 0 unspecified atom stereocenters. The van der Waals surface area contributed by atoms with Crippen LogP contribution in [0.5, 0.6) is 0 Å². The van der Waals surface area contributed by atoms with E-state index in [-0.39, 0.29) is 17.3 Å². The molecule has 0 aliphatic carbocycles. The van der Waals surface area contributed by atoms with Crippen molar-refractivity contribution in [2.45, 2.75) is 6.42 Å². The molecule has 0 amide bonds. The van der Waals surface area contributed by atoms with Gasteiger partial charge < -0.3 is 10.1 Å². The van der Waals surface area contributed by atoms with Gasteiger partial charge in [0.25, 0.3) is 0 Å². The molecule has 0 saturated heterocycles. The standard InChI is InChI=1S/C15H13F2N3/c16-11-5-3-10(4-6-11)14-13(7-8-18)20-9-1-2-12(17)15(20)19-14/h1-6,9H,7-8,18H2. The van der Waals surface area contributed by atoms with Crippen LogP contribution in [0.15, 0.2) is 42.6 Å². The van der Waals surface area contributed by atoms with Crippen molar-refractivity contribution in [3.8, 4) is 11.3 Å². The molecule has 2 heterocycles. The number of nitrogens with zero attached hydrogens (tertiary/aromatic N) is 2. The first-order valence-corrected chi connectivity index (χ1v) is 6.32. The average Bonchev–Trinajstić information content (AvgIpc) is 2.81. The summed E-state index contributed by atoms with van der Waals surface area (Å²) >= 11 is 0. The number of fused-ring (bicyclic) bond motifs is 1. The number of hydrogen-bond acceptors (Lipinski definition) is 2. The summed E-state index contributed by atoms with van der Waals surface area (Å²) in [4.78, 5) is 4.34. The van der Waals surface area contributed by atoms with E-state index in [1.807, 2.05) is 0 Å². The van der Waals surface area contributed by atoms with Crippen LogP contribution in [-0.4, -0.2) is 15.9 Å². The Balaban J connectivity index is 2.26. The van der Waals surface area contributed by atoms with Crippen molar-refractivity contribution < 1.29 is 8.78 Å². The van der Waals surface area contributed by atoms with Crippen LogP contribution in [0.1, 0.15) is 5.69 Å². The highest BCUT2D eigenvalue weighted by atomic mass is 19.1. The van der Waals surface area contributed by atoms with E-state index < -0.39 is 0 Å². The lowest BCUT2D eigenvalue weighted by molar-refractivity contribution is 0.628. The molecular formula is C15H13F2N3. The van der Waals surface area contributed by atoms with Crippen LogP contribution >= 0.6 is 0 Å². The molecule has 102 valence electrons. The van der Waals surface area contributed by atoms with E-state index >= 15 is 0 Å². The Morgan fingerprint density at radius 1 is 1.10 bits per heavy atom. The van der Waals surface area contributed by atoms with Gasteiger partial charge in [0.1, 0.15) is 5.82 Å². The summed E-state index contributed by atoms with van der Waals surface area (Å²) in [6.45, 7) is 0.429. The van der Waals surface area contributed by atoms with Crippen molar-refractivity contribution in [3.05, 3.63) is 59.9 Å². The highest BCUT2D eigenvalue weighted by molar-refractivity contribution is 5.66. The second-order valence-electron chi connectivity index (χ2n) is 4.50. The summed E-state index contributed by atoms with van der Waals surface area (Å²) in [6, 6.07) is 8.98. The lowest BCUT2D eigenvalue weighted by Crippen LogP contribution is -2.06. The van der Waals surface area contributed by atoms with E-state index in [1.165, 1.54) is 18.2 Å². The van der Waals surface area contributed by atoms with Crippen molar-refractivity contribution in [2.75, 3.05) is 6.54 Å². The molecule has 0 saturated carbocycles. The Bertz CT molecular complexity index is 748. The molecule has 3 rings (SSSR count). The highest BCUT2D eigenvalue weighted by Crippen LogP contribution is 2.26. The van der Waals surface area contributed by atoms with Crippen molar-refractivity contribution in [1.82, 2.24) is 9.38 Å². The van der Waals surface area contributed by atoms with Crippen LogP contribution in [0.2, 0.25) is 0 Å². The second-order valence-corrected chi connectivity index (χ2v) is 4.50. The predicted molar refractivity (Wildman–Crippen MR) is 73.3 cm³/mol. The zero-order valence-electron chi connectivity index (χ0n) is 10.7. The van der Waals surface area contributed by atoms with Gasteiger partial charge in [-0.1, -0.05) is 0 Å². The minimum absolute atomic E-state index is 0.260. The lowest BCUT2D eigenvalue weighted by Gasteiger charge is -2.03. The van der Waals surface area contributed by atoms with E-state index in [0.29, 0.717) is 18.7 Å². The first-order valence-electron chi connectivity index (χ1n) is 6.32. The molecule has 0 aliphatic rings. The highest BCUT2D eigenvalue weighted by Gasteiger charge is 2.15. The van der Waals surface area contributed by atoms with Crippen molar-refractivity contribution >= 4 is 5.65 Å². The number of benzene rings is 1. The number of halogens is 2. The monoisotopic (exact) mass is 273 g/mol. The van der Waals surface area contributed by atoms with E-state index in [2.05, 4.69) is 4.98 Å². The molecule has 0 aliphatic heterocycles. The first kappa shape index (κ1) is 12.7. The van der Waals surface area contributed by atoms with Crippen molar-refractivity contribution in [2.24, 2.45) is 5.73 Å². The van der Waals surface area contributed by atoms with Gasteiger partial charge in [-0.05, 0) is 42.9 Å². The van der Waals surface area contributed by atoms with Crippen LogP contribution < -0.4 is 5.73 Å². The SMILES string of the molecule is NCCc1c(-c2ccc(F)cc2)nc2c(F)cccn12. The number of nitrogens with two attached hydrogens (primary N) is 1. The Morgan fingerprint density at radius 2 is 1.85 bits per heavy atom. The summed E-state index contributed by atoms with van der Waals surface area (Å²) in [5.41, 5.74) is 8.10. The lowest BCUT2D eigenvalue weighted by atomic mass is 10.1. The molecule has 3 nitrogen and oxygen atoms in total. The van der Waals surface area contributed by atoms with E-state index in [0.717, 1.165) is 11.3 Å². The molecule has 0 atom stereocenters. The average molecular weight is 273 g/mol. The summed E-state index contributed by atoms with van der Waals surface area (Å²) in [7, 11) is 0. The second kappa shape index (κ2) is 5.02. The van der Waals surface area contributed by atoms with E-state index in [1.54, 1.807) is 28.8 Å². The minimum Gasteiger partial charge on any atom is -0.330 e. The van der Waals surface area contributed by atoms with Gasteiger partial charge in [-0.3, -0.25) is 0 Å². The van der Waals surface area contributed by atoms with Crippen LogP contribution in [0.4, 0.5) is 8.78 Å². The summed E-state index contributed by atoms with van der Waals surface area (Å²) in [6.07, 6.45) is 2.32. The third-order valence-electron chi connectivity index (χ3n) is 3.20. The maximum absolute atomic E-state index is 13.8. The zero-order chi connectivity index (χ0) is 14.1. The number of rotatable bonds is 3. The maximum Gasteiger partial charge on any atom is 0.173 e. The van der Waals surface area contributed by atoms with Gasteiger partial charge in [-0.25, -0.2) is 13.8 Å². The molecule has 5 heteroatoms. The largest absolute Gasteiger partial charge is 0.330 e. The van der Waals surface area contributed by atoms with Gasteiger partial charge in [-0.2, -0.15) is 0 Å². The molecular weight excluding hydrogens is 260 g/mol. The first-order chi connectivity index (χ1) is 9.70. The number of imidazole rings is 1. The van der Waals surface area contributed by atoms with Crippen molar-refractivity contribution in [3.63, 3.8) is 0 Å². The van der Waals surface area contributed by atoms with Gasteiger partial charge in [0.05, 0.1) is 11.4 Å². The molecule has 0 spiro atoms. The number of hydrogen-bond donors (Lipinski definition) is 1. The minimum atomic E-state index is -0.390. The van der Waals surface area contributed by atoms with Crippen molar-refractivity contribution in [1.29, 1.82) is 0 Å². The van der Waals surface area contributed by atoms with Gasteiger partial charge in [0.2, 0.25) is 0 Å². The third-order valence-corrected chi connectivity index (χ3v) is 3.20. The Kier molecular flexibility index (Phi) is 3.20. The third kappa shape index (κ3) is 2.06. The molecule has 3 aromatic rings. The normalized spacial score (nSPS) is 11.2. The number of aromatic nitrogens is 2. The van der Waals surface area contributed by atoms with Gasteiger partial charge in [-0.15, -0.1) is 0 Å². The zero-order valence-corrected chi connectivity index (χ0v) is 10.7. The molecule has 2 aromatic heterocycles. The van der Waals surface area contributed by atoms with Crippen LogP contribution in [-0.2, 0) is 6.42 Å². The van der Waals surface area contributed by atoms with Gasteiger partial charge >= 0.3 is 0 Å². The molecule has 0 bridgehead atoms. The van der Waals surface area contributed by atoms with Gasteiger partial charge in [0.15, 0.2) is 11.5 Å². The topological polar surface area (TPSA) is 43.3 Å². The molecule has 0 radical (unpaired) electrons. The summed E-state index contributed by atoms with van der Waals surface area (Å²) in [5, 5.41) is 0. The molecule has 20 heavy (non-hydrogen) atoms. The Hall–Kier alpha value is -2.27. The number of pyridine rings is 1. The van der Waals surface area contributed by atoms with Crippen LogP contribution in [0.25, 0.3) is 16.9 Å². The van der Waals surface area contributed by atoms with E-state index in [4.69, 9.17) is 5.73 Å². The smallest absolute Gasteiger partial charge is 0.173 e. The Morgan fingerprint density at radius 3 is 2.55 bits per heavy atom. The fraction of sp³-hybridized carbons (Fsp3) is 0.133. The summed E-state index contributed by atoms with van der Waals surface area (Å²) < 4.78 is 28.5.